The quantitative estimate of drug-likeness (QED) is 0.871. The second kappa shape index (κ2) is 6.16. The van der Waals surface area contributed by atoms with E-state index in [-0.39, 0.29) is 0 Å². The zero-order valence-electron chi connectivity index (χ0n) is 10.7. The van der Waals surface area contributed by atoms with Crippen molar-refractivity contribution in [2.45, 2.75) is 13.0 Å². The molecule has 2 aromatic rings. The average molecular weight is 310 g/mol. The van der Waals surface area contributed by atoms with Crippen LogP contribution in [0.3, 0.4) is 0 Å². The van der Waals surface area contributed by atoms with Crippen LogP contribution in [0.2, 0.25) is 10.0 Å². The number of carbonyl (C=O) groups is 1. The number of aryl methyl sites for hydroxylation is 1. The third-order valence-corrected chi connectivity index (χ3v) is 3.52. The summed E-state index contributed by atoms with van der Waals surface area (Å²) >= 11 is 12.2. The molecule has 3 nitrogen and oxygen atoms in total. The lowest BCUT2D eigenvalue weighted by atomic mass is 10.1. The summed E-state index contributed by atoms with van der Waals surface area (Å²) in [5.41, 5.74) is 2.10. The highest BCUT2D eigenvalue weighted by molar-refractivity contribution is 6.36. The second-order valence-electron chi connectivity index (χ2n) is 4.42. The number of benzene rings is 2. The summed E-state index contributed by atoms with van der Waals surface area (Å²) in [6, 6.07) is 11.4. The molecule has 1 atom stereocenters. The molecule has 0 aliphatic heterocycles. The van der Waals surface area contributed by atoms with E-state index in [2.05, 4.69) is 5.32 Å². The lowest BCUT2D eigenvalue weighted by molar-refractivity contribution is -0.138. The molecule has 2 N–H and O–H groups in total. The molecular formula is C15H13Cl2NO2. The molecule has 1 unspecified atom stereocenters. The van der Waals surface area contributed by atoms with Gasteiger partial charge in [-0.25, -0.2) is 4.79 Å². The number of halogens is 2. The summed E-state index contributed by atoms with van der Waals surface area (Å²) in [4.78, 5) is 11.5. The van der Waals surface area contributed by atoms with Crippen LogP contribution in [0.5, 0.6) is 0 Å². The van der Waals surface area contributed by atoms with Crippen molar-refractivity contribution in [1.82, 2.24) is 0 Å². The van der Waals surface area contributed by atoms with Gasteiger partial charge < -0.3 is 10.4 Å². The van der Waals surface area contributed by atoms with E-state index >= 15 is 0 Å². The first-order chi connectivity index (χ1) is 9.49. The highest BCUT2D eigenvalue weighted by Crippen LogP contribution is 2.32. The van der Waals surface area contributed by atoms with E-state index in [1.807, 2.05) is 25.1 Å². The lowest BCUT2D eigenvalue weighted by Crippen LogP contribution is -2.21. The molecule has 0 amide bonds. The number of hydrogen-bond acceptors (Lipinski definition) is 2. The van der Waals surface area contributed by atoms with E-state index in [0.717, 1.165) is 5.56 Å². The van der Waals surface area contributed by atoms with Gasteiger partial charge in [0.1, 0.15) is 0 Å². The second-order valence-corrected chi connectivity index (χ2v) is 5.23. The van der Waals surface area contributed by atoms with Gasteiger partial charge in [0.15, 0.2) is 6.04 Å². The molecule has 0 heterocycles. The molecule has 20 heavy (non-hydrogen) atoms. The number of carboxylic acid groups (broad SMARTS) is 1. The fourth-order valence-corrected chi connectivity index (χ4v) is 2.56. The standard InChI is InChI=1S/C15H13Cl2NO2/c1-9-4-2-5-10(8-9)18-14(15(19)20)13-11(16)6-3-7-12(13)17/h2-8,14,18H,1H3,(H,19,20). The van der Waals surface area contributed by atoms with Crippen LogP contribution in [0.1, 0.15) is 17.2 Å². The van der Waals surface area contributed by atoms with Crippen LogP contribution >= 0.6 is 23.2 Å². The highest BCUT2D eigenvalue weighted by atomic mass is 35.5. The molecule has 0 fully saturated rings. The van der Waals surface area contributed by atoms with Gasteiger partial charge in [0.2, 0.25) is 0 Å². The largest absolute Gasteiger partial charge is 0.479 e. The number of rotatable bonds is 4. The normalized spacial score (nSPS) is 11.9. The van der Waals surface area contributed by atoms with E-state index in [1.165, 1.54) is 0 Å². The molecule has 0 aromatic heterocycles. The van der Waals surface area contributed by atoms with Crippen LogP contribution in [0.25, 0.3) is 0 Å². The fraction of sp³-hybridized carbons (Fsp3) is 0.133. The van der Waals surface area contributed by atoms with Crippen LogP contribution in [0.15, 0.2) is 42.5 Å². The maximum atomic E-state index is 11.5. The Bertz CT molecular complexity index is 623. The van der Waals surface area contributed by atoms with Crippen molar-refractivity contribution in [3.05, 3.63) is 63.6 Å². The number of anilines is 1. The zero-order chi connectivity index (χ0) is 14.7. The van der Waals surface area contributed by atoms with Crippen LogP contribution < -0.4 is 5.32 Å². The third kappa shape index (κ3) is 3.24. The van der Waals surface area contributed by atoms with Gasteiger partial charge in [-0.2, -0.15) is 0 Å². The minimum absolute atomic E-state index is 0.324. The Hall–Kier alpha value is -1.71. The van der Waals surface area contributed by atoms with Crippen LogP contribution in [0.4, 0.5) is 5.69 Å². The Morgan fingerprint density at radius 1 is 1.15 bits per heavy atom. The SMILES string of the molecule is Cc1cccc(NC(C(=O)O)c2c(Cl)cccc2Cl)c1. The van der Waals surface area contributed by atoms with Crippen molar-refractivity contribution in [1.29, 1.82) is 0 Å². The van der Waals surface area contributed by atoms with Crippen LogP contribution in [-0.4, -0.2) is 11.1 Å². The van der Waals surface area contributed by atoms with Crippen molar-refractivity contribution >= 4 is 34.9 Å². The van der Waals surface area contributed by atoms with Crippen molar-refractivity contribution in [2.24, 2.45) is 0 Å². The monoisotopic (exact) mass is 309 g/mol. The first-order valence-electron chi connectivity index (χ1n) is 5.99. The molecule has 0 spiro atoms. The van der Waals surface area contributed by atoms with Gasteiger partial charge in [0.25, 0.3) is 0 Å². The molecule has 0 aliphatic carbocycles. The minimum Gasteiger partial charge on any atom is -0.479 e. The molecule has 0 aliphatic rings. The summed E-state index contributed by atoms with van der Waals surface area (Å²) in [7, 11) is 0. The summed E-state index contributed by atoms with van der Waals surface area (Å²) in [6.07, 6.45) is 0. The topological polar surface area (TPSA) is 49.3 Å². The molecule has 0 saturated heterocycles. The Labute approximate surface area is 127 Å². The first kappa shape index (κ1) is 14.7. The van der Waals surface area contributed by atoms with Gasteiger partial charge in [-0.05, 0) is 36.8 Å². The number of aliphatic carboxylic acids is 1. The fourth-order valence-electron chi connectivity index (χ4n) is 1.95. The first-order valence-corrected chi connectivity index (χ1v) is 6.74. The third-order valence-electron chi connectivity index (χ3n) is 2.86. The summed E-state index contributed by atoms with van der Waals surface area (Å²) in [5.74, 6) is -1.04. The smallest absolute Gasteiger partial charge is 0.330 e. The van der Waals surface area contributed by atoms with Crippen LogP contribution in [0, 0.1) is 6.92 Å². The highest BCUT2D eigenvalue weighted by Gasteiger charge is 2.24. The minimum atomic E-state index is -1.04. The van der Waals surface area contributed by atoms with Gasteiger partial charge in [-0.15, -0.1) is 0 Å². The van der Waals surface area contributed by atoms with Gasteiger partial charge >= 0.3 is 5.97 Å². The average Bonchev–Trinajstić information content (AvgIpc) is 2.37. The Balaban J connectivity index is 2.40. The Morgan fingerprint density at radius 3 is 2.30 bits per heavy atom. The maximum Gasteiger partial charge on any atom is 0.330 e. The molecular weight excluding hydrogens is 297 g/mol. The van der Waals surface area contributed by atoms with E-state index in [9.17, 15) is 9.90 Å². The van der Waals surface area contributed by atoms with Gasteiger partial charge in [-0.3, -0.25) is 0 Å². The molecule has 0 saturated carbocycles. The predicted octanol–water partition coefficient (Wildman–Crippen LogP) is 4.54. The van der Waals surface area contributed by atoms with Gasteiger partial charge in [-0.1, -0.05) is 41.4 Å². The summed E-state index contributed by atoms with van der Waals surface area (Å²) in [5, 5.41) is 13.0. The van der Waals surface area contributed by atoms with Crippen molar-refractivity contribution < 1.29 is 9.90 Å². The Kier molecular flexibility index (Phi) is 4.53. The molecule has 0 radical (unpaired) electrons. The van der Waals surface area contributed by atoms with Crippen molar-refractivity contribution in [2.75, 3.05) is 5.32 Å². The molecule has 2 aromatic carbocycles. The van der Waals surface area contributed by atoms with Gasteiger partial charge in [0.05, 0.1) is 0 Å². The van der Waals surface area contributed by atoms with Crippen molar-refractivity contribution in [3.63, 3.8) is 0 Å². The van der Waals surface area contributed by atoms with E-state index in [4.69, 9.17) is 23.2 Å². The number of carboxylic acids is 1. The number of hydrogen-bond donors (Lipinski definition) is 2. The summed E-state index contributed by atoms with van der Waals surface area (Å²) < 4.78 is 0. The molecule has 104 valence electrons. The molecule has 2 rings (SSSR count). The molecule has 5 heteroatoms. The summed E-state index contributed by atoms with van der Waals surface area (Å²) in [6.45, 7) is 1.93. The van der Waals surface area contributed by atoms with Gasteiger partial charge in [0, 0.05) is 21.3 Å². The van der Waals surface area contributed by atoms with E-state index in [0.29, 0.717) is 21.3 Å². The molecule has 0 bridgehead atoms. The van der Waals surface area contributed by atoms with E-state index in [1.54, 1.807) is 24.3 Å². The predicted molar refractivity (Wildman–Crippen MR) is 81.6 cm³/mol. The van der Waals surface area contributed by atoms with E-state index < -0.39 is 12.0 Å². The lowest BCUT2D eigenvalue weighted by Gasteiger charge is -2.19. The van der Waals surface area contributed by atoms with Crippen molar-refractivity contribution in [3.8, 4) is 0 Å². The zero-order valence-corrected chi connectivity index (χ0v) is 12.2. The number of nitrogens with one attached hydrogen (secondary N) is 1. The maximum absolute atomic E-state index is 11.5. The van der Waals surface area contributed by atoms with Crippen LogP contribution in [-0.2, 0) is 4.79 Å². The Morgan fingerprint density at radius 2 is 1.75 bits per heavy atom.